The molecule has 0 radical (unpaired) electrons. The van der Waals surface area contributed by atoms with Gasteiger partial charge in [-0.15, -0.1) is 0 Å². The molecule has 0 heterocycles. The summed E-state index contributed by atoms with van der Waals surface area (Å²) in [5.41, 5.74) is 0. The molecule has 0 spiro atoms. The van der Waals surface area contributed by atoms with Crippen LogP contribution in [0, 0.1) is 0 Å². The van der Waals surface area contributed by atoms with Crippen LogP contribution in [0.4, 0.5) is 0 Å². The molecule has 0 aliphatic carbocycles. The Hall–Kier alpha value is -0.240. The van der Waals surface area contributed by atoms with Gasteiger partial charge >= 0.3 is 0 Å². The second-order valence-corrected chi connectivity index (χ2v) is 6.28. The molecule has 0 aromatic heterocycles. The lowest BCUT2D eigenvalue weighted by Gasteiger charge is -2.17. The topological polar surface area (TPSA) is 66.4 Å². The van der Waals surface area contributed by atoms with E-state index in [1.165, 1.54) is 12.8 Å². The van der Waals surface area contributed by atoms with Crippen LogP contribution in [0.2, 0.25) is 0 Å². The molecule has 0 aliphatic heterocycles. The van der Waals surface area contributed by atoms with E-state index in [0.717, 1.165) is 12.8 Å². The average molecular weight is 365 g/mol. The van der Waals surface area contributed by atoms with E-state index in [9.17, 15) is 0 Å². The number of rotatable bonds is 19. The van der Waals surface area contributed by atoms with E-state index in [0.29, 0.717) is 52.4 Å². The van der Waals surface area contributed by atoms with Gasteiger partial charge in [0, 0.05) is 0 Å². The summed E-state index contributed by atoms with van der Waals surface area (Å²) in [6.45, 7) is 12.0. The molecular formula is C19H40O6. The fourth-order valence-corrected chi connectivity index (χ4v) is 2.27. The van der Waals surface area contributed by atoms with Crippen molar-refractivity contribution in [3.8, 4) is 0 Å². The van der Waals surface area contributed by atoms with Crippen molar-refractivity contribution < 1.29 is 28.8 Å². The van der Waals surface area contributed by atoms with E-state index < -0.39 is 0 Å². The first-order valence-corrected chi connectivity index (χ1v) is 9.75. The zero-order chi connectivity index (χ0) is 18.8. The quantitative estimate of drug-likeness (QED) is 0.356. The maximum Gasteiger partial charge on any atom is 0.0781 e. The summed E-state index contributed by atoms with van der Waals surface area (Å²) in [5.74, 6) is 0. The van der Waals surface area contributed by atoms with Gasteiger partial charge in [0.05, 0.1) is 71.2 Å². The van der Waals surface area contributed by atoms with Crippen LogP contribution in [-0.2, 0) is 23.7 Å². The Labute approximate surface area is 154 Å². The van der Waals surface area contributed by atoms with Crippen LogP contribution in [-0.4, -0.2) is 76.3 Å². The van der Waals surface area contributed by atoms with Crippen molar-refractivity contribution in [3.63, 3.8) is 0 Å². The van der Waals surface area contributed by atoms with Gasteiger partial charge in [0.1, 0.15) is 0 Å². The SMILES string of the molecule is CCCCC(CC)OCCOCC(C)OCCOCC(C)OCCO. The van der Waals surface area contributed by atoms with Crippen molar-refractivity contribution in [2.75, 3.05) is 52.9 Å². The summed E-state index contributed by atoms with van der Waals surface area (Å²) < 4.78 is 27.8. The Bertz CT molecular complexity index is 264. The molecule has 0 saturated heterocycles. The Balaban J connectivity index is 3.42. The molecule has 0 saturated carbocycles. The van der Waals surface area contributed by atoms with Gasteiger partial charge in [-0.1, -0.05) is 26.7 Å². The summed E-state index contributed by atoms with van der Waals surface area (Å²) in [6, 6.07) is 0. The van der Waals surface area contributed by atoms with Crippen LogP contribution in [0.3, 0.4) is 0 Å². The molecule has 1 N–H and O–H groups in total. The summed E-state index contributed by atoms with van der Waals surface area (Å²) in [7, 11) is 0. The first kappa shape index (κ1) is 24.8. The first-order valence-electron chi connectivity index (χ1n) is 9.75. The molecule has 6 heteroatoms. The second kappa shape index (κ2) is 18.5. The predicted molar refractivity (Wildman–Crippen MR) is 99.1 cm³/mol. The van der Waals surface area contributed by atoms with Gasteiger partial charge in [0.15, 0.2) is 0 Å². The molecule has 25 heavy (non-hydrogen) atoms. The normalized spacial score (nSPS) is 15.2. The molecule has 0 aliphatic rings. The molecule has 0 aromatic rings. The highest BCUT2D eigenvalue weighted by Crippen LogP contribution is 2.08. The number of hydrogen-bond acceptors (Lipinski definition) is 6. The Morgan fingerprint density at radius 3 is 1.84 bits per heavy atom. The third-order valence-electron chi connectivity index (χ3n) is 3.75. The number of aliphatic hydroxyl groups is 1. The molecule has 152 valence electrons. The Kier molecular flexibility index (Phi) is 18.4. The fraction of sp³-hybridized carbons (Fsp3) is 1.00. The van der Waals surface area contributed by atoms with Gasteiger partial charge in [-0.05, 0) is 26.7 Å². The van der Waals surface area contributed by atoms with Gasteiger partial charge in [-0.25, -0.2) is 0 Å². The summed E-state index contributed by atoms with van der Waals surface area (Å²) in [6.07, 6.45) is 5.01. The number of ether oxygens (including phenoxy) is 5. The molecular weight excluding hydrogens is 324 g/mol. The van der Waals surface area contributed by atoms with Crippen LogP contribution < -0.4 is 0 Å². The zero-order valence-electron chi connectivity index (χ0n) is 16.7. The molecule has 3 atom stereocenters. The van der Waals surface area contributed by atoms with E-state index in [2.05, 4.69) is 13.8 Å². The molecule has 0 bridgehead atoms. The summed E-state index contributed by atoms with van der Waals surface area (Å²) >= 11 is 0. The Morgan fingerprint density at radius 1 is 0.760 bits per heavy atom. The third-order valence-corrected chi connectivity index (χ3v) is 3.75. The van der Waals surface area contributed by atoms with E-state index >= 15 is 0 Å². The van der Waals surface area contributed by atoms with Crippen molar-refractivity contribution in [2.45, 2.75) is 71.7 Å². The predicted octanol–water partition coefficient (Wildman–Crippen LogP) is 2.81. The second-order valence-electron chi connectivity index (χ2n) is 6.28. The standard InChI is InChI=1S/C19H40O6/c1-5-7-8-19(6-2)25-14-12-22-16-18(4)24-13-11-21-15-17(3)23-10-9-20/h17-20H,5-16H2,1-4H3. The van der Waals surface area contributed by atoms with E-state index in [1.54, 1.807) is 0 Å². The van der Waals surface area contributed by atoms with Crippen LogP contribution in [0.5, 0.6) is 0 Å². The highest BCUT2D eigenvalue weighted by Gasteiger charge is 2.07. The van der Waals surface area contributed by atoms with Crippen LogP contribution in [0.25, 0.3) is 0 Å². The lowest BCUT2D eigenvalue weighted by atomic mass is 10.1. The average Bonchev–Trinajstić information content (AvgIpc) is 2.61. The molecule has 3 unspecified atom stereocenters. The summed E-state index contributed by atoms with van der Waals surface area (Å²) in [5, 5.41) is 8.66. The van der Waals surface area contributed by atoms with Crippen molar-refractivity contribution in [1.29, 1.82) is 0 Å². The minimum absolute atomic E-state index is 0.0165. The van der Waals surface area contributed by atoms with E-state index in [4.69, 9.17) is 28.8 Å². The van der Waals surface area contributed by atoms with Gasteiger partial charge in [0.2, 0.25) is 0 Å². The van der Waals surface area contributed by atoms with Crippen molar-refractivity contribution >= 4 is 0 Å². The van der Waals surface area contributed by atoms with Crippen molar-refractivity contribution in [1.82, 2.24) is 0 Å². The van der Waals surface area contributed by atoms with Crippen LogP contribution in [0.1, 0.15) is 53.4 Å². The maximum absolute atomic E-state index is 8.66. The van der Waals surface area contributed by atoms with E-state index in [-0.39, 0.29) is 18.8 Å². The minimum Gasteiger partial charge on any atom is -0.394 e. The minimum atomic E-state index is -0.0165. The fourth-order valence-electron chi connectivity index (χ4n) is 2.27. The lowest BCUT2D eigenvalue weighted by Crippen LogP contribution is -2.23. The van der Waals surface area contributed by atoms with Crippen molar-refractivity contribution in [3.05, 3.63) is 0 Å². The molecule has 0 fully saturated rings. The number of aliphatic hydroxyl groups excluding tert-OH is 1. The maximum atomic E-state index is 8.66. The number of unbranched alkanes of at least 4 members (excludes halogenated alkanes) is 1. The van der Waals surface area contributed by atoms with Gasteiger partial charge in [-0.3, -0.25) is 0 Å². The third kappa shape index (κ3) is 17.0. The zero-order valence-corrected chi connectivity index (χ0v) is 16.7. The summed E-state index contributed by atoms with van der Waals surface area (Å²) in [4.78, 5) is 0. The molecule has 0 rings (SSSR count). The largest absolute Gasteiger partial charge is 0.394 e. The van der Waals surface area contributed by atoms with Gasteiger partial charge in [-0.2, -0.15) is 0 Å². The van der Waals surface area contributed by atoms with Crippen molar-refractivity contribution in [2.24, 2.45) is 0 Å². The highest BCUT2D eigenvalue weighted by molar-refractivity contribution is 4.55. The smallest absolute Gasteiger partial charge is 0.0781 e. The van der Waals surface area contributed by atoms with Crippen LogP contribution >= 0.6 is 0 Å². The Morgan fingerprint density at radius 2 is 1.32 bits per heavy atom. The number of hydrogen-bond donors (Lipinski definition) is 1. The molecule has 0 aromatic carbocycles. The molecule has 0 amide bonds. The first-order chi connectivity index (χ1) is 12.1. The van der Waals surface area contributed by atoms with Crippen LogP contribution in [0.15, 0.2) is 0 Å². The van der Waals surface area contributed by atoms with Gasteiger partial charge in [0.25, 0.3) is 0 Å². The van der Waals surface area contributed by atoms with Gasteiger partial charge < -0.3 is 28.8 Å². The highest BCUT2D eigenvalue weighted by atomic mass is 16.6. The van der Waals surface area contributed by atoms with E-state index in [1.807, 2.05) is 13.8 Å². The lowest BCUT2D eigenvalue weighted by molar-refractivity contribution is -0.0613. The molecule has 6 nitrogen and oxygen atoms in total. The monoisotopic (exact) mass is 364 g/mol.